The van der Waals surface area contributed by atoms with Crippen LogP contribution in [0.5, 0.6) is 5.75 Å². The van der Waals surface area contributed by atoms with Crippen LogP contribution in [0.4, 0.5) is 5.69 Å². The molecule has 0 aromatic heterocycles. The molecule has 0 aliphatic carbocycles. The van der Waals surface area contributed by atoms with Gasteiger partial charge in [0.15, 0.2) is 0 Å². The zero-order valence-electron chi connectivity index (χ0n) is 19.1. The third-order valence-electron chi connectivity index (χ3n) is 5.63. The minimum absolute atomic E-state index is 0.0846. The maximum atomic E-state index is 13.1. The van der Waals surface area contributed by atoms with Crippen molar-refractivity contribution in [1.82, 2.24) is 9.80 Å². The summed E-state index contributed by atoms with van der Waals surface area (Å²) in [6.45, 7) is 2.70. The molecule has 2 aromatic carbocycles. The summed E-state index contributed by atoms with van der Waals surface area (Å²) < 4.78 is 5.21. The van der Waals surface area contributed by atoms with Crippen molar-refractivity contribution in [3.63, 3.8) is 0 Å². The normalized spacial score (nSPS) is 17.6. The molecule has 1 aliphatic heterocycles. The summed E-state index contributed by atoms with van der Waals surface area (Å²) in [6.07, 6.45) is 0.590. The number of amides is 1. The number of non-ortho nitro benzene ring substituents is 1. The molecule has 1 heterocycles. The number of Topliss-reactive ketones (excluding diaryl/α,β-unsaturated/α-hetero) is 1. The van der Waals surface area contributed by atoms with Crippen molar-refractivity contribution in [2.45, 2.75) is 19.4 Å². The van der Waals surface area contributed by atoms with Crippen LogP contribution in [0.25, 0.3) is 5.76 Å². The molecule has 0 spiro atoms. The van der Waals surface area contributed by atoms with E-state index in [9.17, 15) is 24.8 Å². The smallest absolute Gasteiger partial charge is 0.295 e. The Morgan fingerprint density at radius 2 is 1.94 bits per heavy atom. The number of nitrogens with zero attached hydrogens (tertiary/aromatic N) is 3. The van der Waals surface area contributed by atoms with Crippen molar-refractivity contribution in [2.24, 2.45) is 0 Å². The molecule has 3 rings (SSSR count). The molecule has 174 valence electrons. The van der Waals surface area contributed by atoms with Crippen LogP contribution in [-0.2, 0) is 9.59 Å². The zero-order chi connectivity index (χ0) is 24.3. The number of ether oxygens (including phenoxy) is 1. The highest BCUT2D eigenvalue weighted by molar-refractivity contribution is 6.46. The molecule has 1 atom stereocenters. The van der Waals surface area contributed by atoms with E-state index in [1.807, 2.05) is 19.0 Å². The van der Waals surface area contributed by atoms with Crippen LogP contribution in [-0.4, -0.2) is 65.8 Å². The lowest BCUT2D eigenvalue weighted by molar-refractivity contribution is -0.384. The van der Waals surface area contributed by atoms with Crippen molar-refractivity contribution in [3.8, 4) is 5.75 Å². The highest BCUT2D eigenvalue weighted by Crippen LogP contribution is 2.41. The summed E-state index contributed by atoms with van der Waals surface area (Å²) in [4.78, 5) is 40.2. The Morgan fingerprint density at radius 3 is 2.55 bits per heavy atom. The first-order valence-corrected chi connectivity index (χ1v) is 10.5. The van der Waals surface area contributed by atoms with Crippen LogP contribution in [0.3, 0.4) is 0 Å². The number of ketones is 1. The highest BCUT2D eigenvalue weighted by atomic mass is 16.6. The number of carbonyl (C=O) groups is 2. The van der Waals surface area contributed by atoms with Crippen LogP contribution in [0, 0.1) is 17.0 Å². The molecule has 2 aromatic rings. The molecule has 1 aliphatic rings. The van der Waals surface area contributed by atoms with E-state index in [1.54, 1.807) is 31.2 Å². The van der Waals surface area contributed by atoms with Gasteiger partial charge in [0.2, 0.25) is 0 Å². The summed E-state index contributed by atoms with van der Waals surface area (Å²) in [5.41, 5.74) is 1.19. The first-order valence-electron chi connectivity index (χ1n) is 10.5. The number of aliphatic hydroxyl groups excluding tert-OH is 1. The zero-order valence-corrected chi connectivity index (χ0v) is 19.1. The van der Waals surface area contributed by atoms with E-state index >= 15 is 0 Å². The average molecular weight is 453 g/mol. The van der Waals surface area contributed by atoms with Gasteiger partial charge >= 0.3 is 0 Å². The molecule has 1 saturated heterocycles. The van der Waals surface area contributed by atoms with Crippen molar-refractivity contribution in [1.29, 1.82) is 0 Å². The van der Waals surface area contributed by atoms with Gasteiger partial charge in [-0.2, -0.15) is 0 Å². The lowest BCUT2D eigenvalue weighted by Crippen LogP contribution is -2.32. The van der Waals surface area contributed by atoms with E-state index in [1.165, 1.54) is 30.2 Å². The summed E-state index contributed by atoms with van der Waals surface area (Å²) in [6, 6.07) is 9.85. The van der Waals surface area contributed by atoms with E-state index in [2.05, 4.69) is 0 Å². The fourth-order valence-electron chi connectivity index (χ4n) is 4.00. The van der Waals surface area contributed by atoms with Crippen LogP contribution in [0.2, 0.25) is 0 Å². The predicted octanol–water partition coefficient (Wildman–Crippen LogP) is 3.29. The van der Waals surface area contributed by atoms with Crippen LogP contribution in [0.15, 0.2) is 48.0 Å². The van der Waals surface area contributed by atoms with Gasteiger partial charge in [-0.15, -0.1) is 0 Å². The number of aryl methyl sites for hydroxylation is 1. The second-order valence-corrected chi connectivity index (χ2v) is 8.18. The second-order valence-electron chi connectivity index (χ2n) is 8.18. The maximum absolute atomic E-state index is 13.1. The van der Waals surface area contributed by atoms with Crippen LogP contribution >= 0.6 is 0 Å². The molecule has 9 nitrogen and oxygen atoms in total. The van der Waals surface area contributed by atoms with Crippen LogP contribution < -0.4 is 4.74 Å². The Hall–Kier alpha value is -3.72. The van der Waals surface area contributed by atoms with Gasteiger partial charge in [0.25, 0.3) is 17.4 Å². The number of hydrogen-bond acceptors (Lipinski definition) is 7. The number of methoxy groups -OCH3 is 1. The van der Waals surface area contributed by atoms with Gasteiger partial charge in [-0.1, -0.05) is 12.1 Å². The number of nitro groups is 1. The van der Waals surface area contributed by atoms with Gasteiger partial charge in [0, 0.05) is 24.2 Å². The van der Waals surface area contributed by atoms with E-state index in [0.717, 1.165) is 0 Å². The Kier molecular flexibility index (Phi) is 7.13. The monoisotopic (exact) mass is 453 g/mol. The lowest BCUT2D eigenvalue weighted by Gasteiger charge is -2.26. The molecule has 1 fully saturated rings. The SMILES string of the molecule is COc1ccc(/C(O)=C2\C(=O)C(=O)N(CCCN(C)C)[C@@H]2c2cccc([N+](=O)[O-])c2)c(C)c1. The second kappa shape index (κ2) is 9.83. The molecule has 1 N–H and O–H groups in total. The molecule has 1 amide bonds. The predicted molar refractivity (Wildman–Crippen MR) is 123 cm³/mol. The molecule has 0 saturated carbocycles. The Bertz CT molecular complexity index is 1120. The van der Waals surface area contributed by atoms with Crippen molar-refractivity contribution < 1.29 is 24.4 Å². The van der Waals surface area contributed by atoms with Gasteiger partial charge in [-0.3, -0.25) is 19.7 Å². The minimum Gasteiger partial charge on any atom is -0.507 e. The molecular formula is C24H27N3O6. The van der Waals surface area contributed by atoms with E-state index in [0.29, 0.717) is 35.4 Å². The Morgan fingerprint density at radius 1 is 1.21 bits per heavy atom. The van der Waals surface area contributed by atoms with Gasteiger partial charge in [0.05, 0.1) is 23.6 Å². The fraction of sp³-hybridized carbons (Fsp3) is 0.333. The first kappa shape index (κ1) is 23.9. The van der Waals surface area contributed by atoms with Gasteiger partial charge < -0.3 is 19.6 Å². The number of aliphatic hydroxyl groups is 1. The Balaban J connectivity index is 2.16. The van der Waals surface area contributed by atoms with Crippen LogP contribution in [0.1, 0.15) is 29.2 Å². The number of hydrogen-bond donors (Lipinski definition) is 1. The molecule has 9 heteroatoms. The number of rotatable bonds is 8. The van der Waals surface area contributed by atoms with Gasteiger partial charge in [-0.25, -0.2) is 0 Å². The first-order chi connectivity index (χ1) is 15.6. The number of carbonyl (C=O) groups excluding carboxylic acids is 2. The topological polar surface area (TPSA) is 113 Å². The lowest BCUT2D eigenvalue weighted by atomic mass is 9.93. The molecule has 0 radical (unpaired) electrons. The number of nitro benzene ring substituents is 1. The standard InChI is InChI=1S/C24H27N3O6/c1-15-13-18(33-4)9-10-19(15)22(28)20-21(16-7-5-8-17(14-16)27(31)32)26(24(30)23(20)29)12-6-11-25(2)3/h5,7-10,13-14,21,28H,6,11-12H2,1-4H3/b22-20+/t21-/m1/s1. The van der Waals surface area contributed by atoms with E-state index in [-0.39, 0.29) is 23.6 Å². The molecular weight excluding hydrogens is 426 g/mol. The van der Waals surface area contributed by atoms with Gasteiger partial charge in [-0.05, 0) is 63.3 Å². The number of likely N-dealkylation sites (tertiary alicyclic amines) is 1. The van der Waals surface area contributed by atoms with Gasteiger partial charge in [0.1, 0.15) is 11.5 Å². The largest absolute Gasteiger partial charge is 0.507 e. The average Bonchev–Trinajstić information content (AvgIpc) is 3.03. The number of benzene rings is 2. The summed E-state index contributed by atoms with van der Waals surface area (Å²) >= 11 is 0. The summed E-state index contributed by atoms with van der Waals surface area (Å²) in [5.74, 6) is -1.29. The summed E-state index contributed by atoms with van der Waals surface area (Å²) in [7, 11) is 5.33. The van der Waals surface area contributed by atoms with Crippen molar-refractivity contribution in [2.75, 3.05) is 34.3 Å². The third-order valence-corrected chi connectivity index (χ3v) is 5.63. The third kappa shape index (κ3) is 4.88. The van der Waals surface area contributed by atoms with Crippen molar-refractivity contribution in [3.05, 3.63) is 74.8 Å². The summed E-state index contributed by atoms with van der Waals surface area (Å²) in [5, 5.41) is 22.5. The fourth-order valence-corrected chi connectivity index (χ4v) is 4.00. The Labute approximate surface area is 192 Å². The molecule has 33 heavy (non-hydrogen) atoms. The van der Waals surface area contributed by atoms with Crippen molar-refractivity contribution >= 4 is 23.1 Å². The minimum atomic E-state index is -0.937. The van der Waals surface area contributed by atoms with E-state index in [4.69, 9.17) is 4.74 Å². The highest BCUT2D eigenvalue weighted by Gasteiger charge is 2.46. The quantitative estimate of drug-likeness (QED) is 0.215. The van der Waals surface area contributed by atoms with E-state index < -0.39 is 22.7 Å². The molecule has 0 bridgehead atoms. The molecule has 0 unspecified atom stereocenters. The maximum Gasteiger partial charge on any atom is 0.295 e.